The molecule has 0 aliphatic carbocycles. The number of cyclic esters (lactones) is 2. The molecule has 1 aliphatic heterocycles. The topological polar surface area (TPSA) is 95.7 Å². The first-order valence-corrected chi connectivity index (χ1v) is 8.53. The summed E-state index contributed by atoms with van der Waals surface area (Å²) in [6, 6.07) is 14.6. The summed E-state index contributed by atoms with van der Waals surface area (Å²) in [6.07, 6.45) is 0. The van der Waals surface area contributed by atoms with Crippen LogP contribution in [-0.4, -0.2) is 22.6 Å². The van der Waals surface area contributed by atoms with Crippen LogP contribution in [0.15, 0.2) is 54.6 Å². The van der Waals surface area contributed by atoms with Crippen molar-refractivity contribution in [3.05, 3.63) is 75.8 Å². The van der Waals surface area contributed by atoms with Gasteiger partial charge < -0.3 is 9.47 Å². The maximum atomic E-state index is 12.5. The first-order chi connectivity index (χ1) is 13.3. The third kappa shape index (κ3) is 4.18. The average Bonchev–Trinajstić information content (AvgIpc) is 2.64. The number of carbonyl (C=O) groups is 2. The Bertz CT molecular complexity index is 949. The quantitative estimate of drug-likeness (QED) is 0.267. The number of nitro groups is 1. The second-order valence-corrected chi connectivity index (χ2v) is 6.68. The molecule has 0 bridgehead atoms. The van der Waals surface area contributed by atoms with E-state index in [4.69, 9.17) is 9.47 Å². The summed E-state index contributed by atoms with van der Waals surface area (Å²) >= 11 is 0. The largest absolute Gasteiger partial charge is 0.422 e. The highest BCUT2D eigenvalue weighted by molar-refractivity contribution is 5.98. The van der Waals surface area contributed by atoms with Crippen molar-refractivity contribution in [2.24, 2.45) is 5.92 Å². The number of hydrogen-bond donors (Lipinski definition) is 0. The lowest BCUT2D eigenvalue weighted by Crippen LogP contribution is -2.48. The van der Waals surface area contributed by atoms with Crippen molar-refractivity contribution < 1.29 is 24.0 Å². The van der Waals surface area contributed by atoms with Crippen molar-refractivity contribution >= 4 is 17.6 Å². The molecule has 1 atom stereocenters. The van der Waals surface area contributed by atoms with E-state index in [0.717, 1.165) is 0 Å². The Morgan fingerprint density at radius 1 is 1.00 bits per heavy atom. The molecule has 0 N–H and O–H groups in total. The number of non-ortho nitro benzene ring substituents is 1. The smallest absolute Gasteiger partial charge is 0.325 e. The molecule has 2 aromatic rings. The molecule has 0 saturated carbocycles. The molecule has 1 saturated heterocycles. The Morgan fingerprint density at radius 3 is 2.11 bits per heavy atom. The van der Waals surface area contributed by atoms with Crippen molar-refractivity contribution in [2.75, 3.05) is 0 Å². The number of hydrogen-bond acceptors (Lipinski definition) is 6. The van der Waals surface area contributed by atoms with Gasteiger partial charge in [-0.1, -0.05) is 42.2 Å². The minimum Gasteiger partial charge on any atom is -0.422 e. The van der Waals surface area contributed by atoms with Crippen LogP contribution in [0.5, 0.6) is 0 Å². The van der Waals surface area contributed by atoms with Gasteiger partial charge in [0, 0.05) is 31.5 Å². The number of benzene rings is 2. The Kier molecular flexibility index (Phi) is 5.14. The van der Waals surface area contributed by atoms with Gasteiger partial charge in [-0.25, -0.2) is 0 Å². The van der Waals surface area contributed by atoms with E-state index in [0.29, 0.717) is 11.1 Å². The second kappa shape index (κ2) is 7.53. The van der Waals surface area contributed by atoms with Gasteiger partial charge in [-0.3, -0.25) is 19.7 Å². The molecule has 0 radical (unpaired) electrons. The summed E-state index contributed by atoms with van der Waals surface area (Å²) in [4.78, 5) is 35.4. The number of nitro benzene ring substituents is 1. The van der Waals surface area contributed by atoms with Crippen molar-refractivity contribution in [2.45, 2.75) is 25.6 Å². The second-order valence-electron chi connectivity index (χ2n) is 6.68. The number of rotatable bonds is 3. The van der Waals surface area contributed by atoms with E-state index in [2.05, 4.69) is 11.8 Å². The van der Waals surface area contributed by atoms with E-state index in [1.807, 2.05) is 18.2 Å². The van der Waals surface area contributed by atoms with Gasteiger partial charge in [0.1, 0.15) is 0 Å². The fraction of sp³-hybridized carbons (Fsp3) is 0.238. The molecular formula is C21H17NO6. The molecule has 0 amide bonds. The fourth-order valence-corrected chi connectivity index (χ4v) is 2.85. The van der Waals surface area contributed by atoms with Gasteiger partial charge in [-0.2, -0.15) is 0 Å². The van der Waals surface area contributed by atoms with E-state index in [1.54, 1.807) is 12.1 Å². The van der Waals surface area contributed by atoms with Crippen molar-refractivity contribution in [1.82, 2.24) is 0 Å². The lowest BCUT2D eigenvalue weighted by atomic mass is 9.85. The Morgan fingerprint density at radius 2 is 1.57 bits per heavy atom. The minimum atomic E-state index is -1.35. The van der Waals surface area contributed by atoms with Crippen molar-refractivity contribution in [1.29, 1.82) is 0 Å². The summed E-state index contributed by atoms with van der Waals surface area (Å²) < 4.78 is 10.4. The first-order valence-electron chi connectivity index (χ1n) is 8.53. The Balaban J connectivity index is 2.02. The molecule has 1 unspecified atom stereocenters. The van der Waals surface area contributed by atoms with Crippen LogP contribution in [-0.2, 0) is 19.1 Å². The average molecular weight is 379 g/mol. The third-order valence-electron chi connectivity index (χ3n) is 4.14. The first kappa shape index (κ1) is 19.1. The summed E-state index contributed by atoms with van der Waals surface area (Å²) in [5.41, 5.74) is 1.08. The summed E-state index contributed by atoms with van der Waals surface area (Å²) in [7, 11) is 0. The molecule has 0 aromatic heterocycles. The monoisotopic (exact) mass is 379 g/mol. The van der Waals surface area contributed by atoms with Crippen LogP contribution in [0.3, 0.4) is 0 Å². The van der Waals surface area contributed by atoms with Gasteiger partial charge in [0.15, 0.2) is 5.92 Å². The number of carbonyl (C=O) groups excluding carboxylic acids is 2. The van der Waals surface area contributed by atoms with Gasteiger partial charge in [-0.15, -0.1) is 0 Å². The highest BCUT2D eigenvalue weighted by atomic mass is 16.7. The lowest BCUT2D eigenvalue weighted by molar-refractivity contribution is -0.384. The van der Waals surface area contributed by atoms with Crippen LogP contribution in [0.1, 0.15) is 30.9 Å². The zero-order valence-electron chi connectivity index (χ0n) is 15.2. The van der Waals surface area contributed by atoms with E-state index in [9.17, 15) is 19.7 Å². The molecule has 2 aromatic carbocycles. The predicted molar refractivity (Wildman–Crippen MR) is 98.9 cm³/mol. The summed E-state index contributed by atoms with van der Waals surface area (Å²) in [5.74, 6) is 0.877. The molecular weight excluding hydrogens is 362 g/mol. The molecule has 3 rings (SSSR count). The molecule has 0 spiro atoms. The Labute approximate surface area is 161 Å². The third-order valence-corrected chi connectivity index (χ3v) is 4.14. The molecule has 142 valence electrons. The van der Waals surface area contributed by atoms with E-state index < -0.39 is 34.5 Å². The van der Waals surface area contributed by atoms with Gasteiger partial charge >= 0.3 is 11.9 Å². The predicted octanol–water partition coefficient (Wildman–Crippen LogP) is 3.18. The van der Waals surface area contributed by atoms with Crippen LogP contribution in [0, 0.1) is 27.9 Å². The zero-order chi connectivity index (χ0) is 20.3. The lowest BCUT2D eigenvalue weighted by Gasteiger charge is -2.34. The molecule has 7 heteroatoms. The minimum absolute atomic E-state index is 0.103. The van der Waals surface area contributed by atoms with Gasteiger partial charge in [0.2, 0.25) is 0 Å². The summed E-state index contributed by atoms with van der Waals surface area (Å²) in [5, 5.41) is 10.9. The molecule has 1 fully saturated rings. The van der Waals surface area contributed by atoms with Crippen LogP contribution >= 0.6 is 0 Å². The van der Waals surface area contributed by atoms with Gasteiger partial charge in [-0.05, 0) is 17.7 Å². The fourth-order valence-electron chi connectivity index (χ4n) is 2.85. The SMILES string of the molecule is CC1(C)OC(=O)C(C(C#Cc2ccccc2)c2ccc([N+](=O)[O-])cc2)C(=O)O1. The zero-order valence-corrected chi connectivity index (χ0v) is 15.2. The highest BCUT2D eigenvalue weighted by Crippen LogP contribution is 2.34. The van der Waals surface area contributed by atoms with Crippen LogP contribution < -0.4 is 0 Å². The number of esters is 2. The molecule has 1 aliphatic rings. The van der Waals surface area contributed by atoms with Crippen molar-refractivity contribution in [3.63, 3.8) is 0 Å². The molecule has 7 nitrogen and oxygen atoms in total. The van der Waals surface area contributed by atoms with E-state index >= 15 is 0 Å². The van der Waals surface area contributed by atoms with Crippen LogP contribution in [0.25, 0.3) is 0 Å². The van der Waals surface area contributed by atoms with Gasteiger partial charge in [0.25, 0.3) is 11.5 Å². The highest BCUT2D eigenvalue weighted by Gasteiger charge is 2.47. The molecule has 1 heterocycles. The number of ether oxygens (including phenoxy) is 2. The maximum absolute atomic E-state index is 12.5. The summed E-state index contributed by atoms with van der Waals surface area (Å²) in [6.45, 7) is 2.94. The Hall–Kier alpha value is -3.66. The van der Waals surface area contributed by atoms with Crippen LogP contribution in [0.2, 0.25) is 0 Å². The van der Waals surface area contributed by atoms with Crippen molar-refractivity contribution in [3.8, 4) is 11.8 Å². The maximum Gasteiger partial charge on any atom is 0.325 e. The van der Waals surface area contributed by atoms with E-state index in [1.165, 1.54) is 38.1 Å². The van der Waals surface area contributed by atoms with Gasteiger partial charge in [0.05, 0.1) is 10.8 Å². The normalized spacial score (nSPS) is 16.9. The van der Waals surface area contributed by atoms with Crippen LogP contribution in [0.4, 0.5) is 5.69 Å². The number of nitrogens with zero attached hydrogens (tertiary/aromatic N) is 1. The standard InChI is InChI=1S/C21H17NO6/c1-21(2)27-19(23)18(20(24)28-21)17(13-8-14-6-4-3-5-7-14)15-9-11-16(12-10-15)22(25)26/h3-7,9-12,17-18H,1-2H3. The molecule has 28 heavy (non-hydrogen) atoms. The van der Waals surface area contributed by atoms with E-state index in [-0.39, 0.29) is 5.69 Å².